The maximum absolute atomic E-state index is 4.53. The van der Waals surface area contributed by atoms with Gasteiger partial charge in [-0.3, -0.25) is 0 Å². The maximum Gasteiger partial charge on any atom is 0.128 e. The summed E-state index contributed by atoms with van der Waals surface area (Å²) in [5.74, 6) is 1.89. The summed E-state index contributed by atoms with van der Waals surface area (Å²) >= 11 is 0. The Balaban J connectivity index is 1.89. The lowest BCUT2D eigenvalue weighted by Crippen LogP contribution is -2.36. The van der Waals surface area contributed by atoms with Crippen LogP contribution in [0.1, 0.15) is 32.3 Å². The maximum atomic E-state index is 4.53. The highest BCUT2D eigenvalue weighted by atomic mass is 15.2. The zero-order valence-electron chi connectivity index (χ0n) is 14.0. The van der Waals surface area contributed by atoms with Crippen LogP contribution in [0.2, 0.25) is 0 Å². The summed E-state index contributed by atoms with van der Waals surface area (Å²) in [5.41, 5.74) is 1.31. The van der Waals surface area contributed by atoms with Crippen molar-refractivity contribution in [3.8, 4) is 0 Å². The van der Waals surface area contributed by atoms with Gasteiger partial charge in [0.15, 0.2) is 0 Å². The molecular weight excluding hydrogens is 260 g/mol. The number of aromatic nitrogens is 1. The van der Waals surface area contributed by atoms with E-state index in [4.69, 9.17) is 0 Å². The van der Waals surface area contributed by atoms with E-state index in [0.29, 0.717) is 6.04 Å². The molecule has 118 valence electrons. The Labute approximate surface area is 129 Å². The molecule has 0 aliphatic carbocycles. The summed E-state index contributed by atoms with van der Waals surface area (Å²) in [4.78, 5) is 9.27. The zero-order chi connectivity index (χ0) is 15.2. The van der Waals surface area contributed by atoms with Gasteiger partial charge in [-0.15, -0.1) is 0 Å². The summed E-state index contributed by atoms with van der Waals surface area (Å²) in [6.07, 6.45) is 4.53. The molecule has 1 saturated heterocycles. The van der Waals surface area contributed by atoms with Crippen molar-refractivity contribution in [1.29, 1.82) is 0 Å². The number of nitrogens with zero attached hydrogens (tertiary/aromatic N) is 3. The predicted octanol–water partition coefficient (Wildman–Crippen LogP) is 2.36. The lowest BCUT2D eigenvalue weighted by atomic mass is 9.97. The van der Waals surface area contributed by atoms with Crippen molar-refractivity contribution in [2.45, 2.75) is 39.3 Å². The van der Waals surface area contributed by atoms with Crippen LogP contribution in [-0.2, 0) is 6.54 Å². The molecule has 0 bridgehead atoms. The van der Waals surface area contributed by atoms with Crippen LogP contribution in [-0.4, -0.2) is 49.7 Å². The molecule has 1 aliphatic rings. The van der Waals surface area contributed by atoms with Crippen molar-refractivity contribution < 1.29 is 0 Å². The van der Waals surface area contributed by atoms with Gasteiger partial charge in [0.05, 0.1) is 0 Å². The summed E-state index contributed by atoms with van der Waals surface area (Å²) in [6.45, 7) is 8.83. The molecule has 0 radical (unpaired) electrons. The molecule has 0 amide bonds. The fourth-order valence-corrected chi connectivity index (χ4v) is 2.83. The van der Waals surface area contributed by atoms with Crippen molar-refractivity contribution in [3.63, 3.8) is 0 Å². The minimum Gasteiger partial charge on any atom is -0.359 e. The van der Waals surface area contributed by atoms with Gasteiger partial charge in [0.1, 0.15) is 5.82 Å². The summed E-state index contributed by atoms with van der Waals surface area (Å²) in [5, 5.41) is 3.46. The minimum atomic E-state index is 0.513. The number of hydrogen-bond donors (Lipinski definition) is 1. The van der Waals surface area contributed by atoms with Gasteiger partial charge < -0.3 is 15.1 Å². The number of anilines is 1. The molecule has 2 heterocycles. The first-order valence-electron chi connectivity index (χ1n) is 8.12. The molecule has 0 aromatic carbocycles. The largest absolute Gasteiger partial charge is 0.359 e. The topological polar surface area (TPSA) is 31.4 Å². The molecule has 1 aromatic rings. The second kappa shape index (κ2) is 7.76. The Morgan fingerprint density at radius 1 is 1.38 bits per heavy atom. The third kappa shape index (κ3) is 5.29. The number of nitrogens with one attached hydrogen (secondary N) is 1. The molecule has 1 aromatic heterocycles. The Morgan fingerprint density at radius 3 is 2.76 bits per heavy atom. The first-order valence-corrected chi connectivity index (χ1v) is 8.12. The third-order valence-electron chi connectivity index (χ3n) is 4.29. The van der Waals surface area contributed by atoms with Crippen molar-refractivity contribution in [3.05, 3.63) is 23.9 Å². The van der Waals surface area contributed by atoms with Crippen molar-refractivity contribution >= 4 is 5.82 Å². The fourth-order valence-electron chi connectivity index (χ4n) is 2.83. The molecule has 1 N–H and O–H groups in total. The Morgan fingerprint density at radius 2 is 2.10 bits per heavy atom. The third-order valence-corrected chi connectivity index (χ3v) is 4.29. The van der Waals surface area contributed by atoms with Crippen LogP contribution in [0.3, 0.4) is 0 Å². The Kier molecular flexibility index (Phi) is 6.00. The van der Waals surface area contributed by atoms with Gasteiger partial charge >= 0.3 is 0 Å². The summed E-state index contributed by atoms with van der Waals surface area (Å²) in [7, 11) is 4.38. The van der Waals surface area contributed by atoms with E-state index < -0.39 is 0 Å². The highest BCUT2D eigenvalue weighted by Gasteiger charge is 2.18. The van der Waals surface area contributed by atoms with Gasteiger partial charge in [-0.25, -0.2) is 4.98 Å². The smallest absolute Gasteiger partial charge is 0.128 e. The van der Waals surface area contributed by atoms with Crippen LogP contribution in [0.4, 0.5) is 5.82 Å². The molecule has 21 heavy (non-hydrogen) atoms. The second-order valence-electron chi connectivity index (χ2n) is 6.69. The Hall–Kier alpha value is -1.13. The van der Waals surface area contributed by atoms with E-state index in [9.17, 15) is 0 Å². The van der Waals surface area contributed by atoms with E-state index >= 15 is 0 Å². The number of pyridine rings is 1. The average Bonchev–Trinajstić information content (AvgIpc) is 2.48. The molecule has 0 saturated carbocycles. The molecule has 1 fully saturated rings. The fraction of sp³-hybridized carbons (Fsp3) is 0.706. The number of rotatable bonds is 6. The van der Waals surface area contributed by atoms with Crippen LogP contribution >= 0.6 is 0 Å². The zero-order valence-corrected chi connectivity index (χ0v) is 14.0. The number of piperidine rings is 1. The highest BCUT2D eigenvalue weighted by molar-refractivity contribution is 5.40. The minimum absolute atomic E-state index is 0.513. The first kappa shape index (κ1) is 16.2. The van der Waals surface area contributed by atoms with Gasteiger partial charge in [0.2, 0.25) is 0 Å². The molecule has 2 rings (SSSR count). The molecule has 1 aliphatic heterocycles. The van der Waals surface area contributed by atoms with Crippen molar-refractivity contribution in [1.82, 2.24) is 15.2 Å². The summed E-state index contributed by atoms with van der Waals surface area (Å²) < 4.78 is 0. The van der Waals surface area contributed by atoms with E-state index in [2.05, 4.69) is 60.2 Å². The van der Waals surface area contributed by atoms with E-state index in [1.807, 2.05) is 6.20 Å². The lowest BCUT2D eigenvalue weighted by molar-refractivity contribution is 0.222. The predicted molar refractivity (Wildman–Crippen MR) is 89.7 cm³/mol. The summed E-state index contributed by atoms with van der Waals surface area (Å²) in [6, 6.07) is 4.82. The molecule has 0 atom stereocenters. The van der Waals surface area contributed by atoms with Gasteiger partial charge in [-0.05, 0) is 56.6 Å². The van der Waals surface area contributed by atoms with E-state index in [1.165, 1.54) is 31.5 Å². The molecule has 4 nitrogen and oxygen atoms in total. The second-order valence-corrected chi connectivity index (χ2v) is 6.69. The van der Waals surface area contributed by atoms with Crippen molar-refractivity contribution in [2.75, 3.05) is 38.6 Å². The Bertz CT molecular complexity index is 425. The van der Waals surface area contributed by atoms with Crippen LogP contribution in [0.25, 0.3) is 0 Å². The normalized spacial score (nSPS) is 17.4. The van der Waals surface area contributed by atoms with Gasteiger partial charge in [0.25, 0.3) is 0 Å². The van der Waals surface area contributed by atoms with Crippen LogP contribution in [0.15, 0.2) is 18.3 Å². The molecular formula is C17H30N4. The van der Waals surface area contributed by atoms with Gasteiger partial charge in [-0.1, -0.05) is 13.8 Å². The van der Waals surface area contributed by atoms with E-state index in [-0.39, 0.29) is 0 Å². The standard InChI is InChI=1S/C17H30N4/c1-14(2)19-12-16-5-8-18-17(11-16)21(4)13-15-6-9-20(3)10-7-15/h5,8,11,14-15,19H,6-7,9-10,12-13H2,1-4H3. The average molecular weight is 290 g/mol. The molecule has 0 spiro atoms. The SMILES string of the molecule is CC(C)NCc1ccnc(N(C)CC2CCN(C)CC2)c1. The van der Waals surface area contributed by atoms with Crippen LogP contribution in [0, 0.1) is 5.92 Å². The quantitative estimate of drug-likeness (QED) is 0.871. The van der Waals surface area contributed by atoms with E-state index in [0.717, 1.165) is 24.8 Å². The highest BCUT2D eigenvalue weighted by Crippen LogP contribution is 2.20. The van der Waals surface area contributed by atoms with E-state index in [1.54, 1.807) is 0 Å². The van der Waals surface area contributed by atoms with Gasteiger partial charge in [-0.2, -0.15) is 0 Å². The van der Waals surface area contributed by atoms with Crippen LogP contribution in [0.5, 0.6) is 0 Å². The molecule has 0 unspecified atom stereocenters. The van der Waals surface area contributed by atoms with Crippen molar-refractivity contribution in [2.24, 2.45) is 5.92 Å². The molecule has 4 heteroatoms. The number of likely N-dealkylation sites (tertiary alicyclic amines) is 1. The monoisotopic (exact) mass is 290 g/mol. The first-order chi connectivity index (χ1) is 10.0. The number of hydrogen-bond acceptors (Lipinski definition) is 4. The lowest BCUT2D eigenvalue weighted by Gasteiger charge is -2.32. The van der Waals surface area contributed by atoms with Crippen LogP contribution < -0.4 is 10.2 Å². The van der Waals surface area contributed by atoms with Gasteiger partial charge in [0, 0.05) is 32.4 Å².